The van der Waals surface area contributed by atoms with Gasteiger partial charge in [-0.1, -0.05) is 19.8 Å². The van der Waals surface area contributed by atoms with E-state index in [4.69, 9.17) is 11.6 Å². The molecule has 1 saturated carbocycles. The van der Waals surface area contributed by atoms with Crippen LogP contribution in [0.1, 0.15) is 58.3 Å². The number of rotatable bonds is 6. The minimum atomic E-state index is -0.584. The first-order valence-electron chi connectivity index (χ1n) is 7.79. The Hall–Kier alpha value is -0.770. The van der Waals surface area contributed by atoms with Gasteiger partial charge in [-0.25, -0.2) is 4.79 Å². The Morgan fingerprint density at radius 2 is 1.85 bits per heavy atom. The molecule has 0 aromatic carbocycles. The van der Waals surface area contributed by atoms with Gasteiger partial charge in [0, 0.05) is 12.4 Å². The molecular formula is C15H25ClN2O2. The van der Waals surface area contributed by atoms with Gasteiger partial charge in [-0.05, 0) is 44.4 Å². The highest BCUT2D eigenvalue weighted by molar-refractivity contribution is 6.17. The number of amides is 3. The third-order valence-corrected chi connectivity index (χ3v) is 4.91. The molecule has 2 rings (SSSR count). The second-order valence-corrected chi connectivity index (χ2v) is 6.63. The van der Waals surface area contributed by atoms with Gasteiger partial charge < -0.3 is 5.32 Å². The zero-order valence-electron chi connectivity index (χ0n) is 12.3. The third-order valence-electron chi connectivity index (χ3n) is 4.64. The number of hydrogen-bond donors (Lipinski definition) is 1. The molecule has 1 aliphatic heterocycles. The molecule has 0 bridgehead atoms. The van der Waals surface area contributed by atoms with Gasteiger partial charge >= 0.3 is 6.03 Å². The summed E-state index contributed by atoms with van der Waals surface area (Å²) in [5.41, 5.74) is -0.584. The molecule has 114 valence electrons. The van der Waals surface area contributed by atoms with Crippen molar-refractivity contribution in [2.45, 2.75) is 63.8 Å². The number of unbranched alkanes of at least 4 members (excludes halogenated alkanes) is 3. The first-order valence-corrected chi connectivity index (χ1v) is 8.32. The van der Waals surface area contributed by atoms with Crippen molar-refractivity contribution in [3.63, 3.8) is 0 Å². The van der Waals surface area contributed by atoms with Crippen LogP contribution < -0.4 is 5.32 Å². The standard InChI is InChI=1S/C15H25ClN2O2/c1-12-6-8-15(9-7-12)13(19)18(14(20)17-15)11-5-3-2-4-10-16/h12H,2-11H2,1H3,(H,17,20). The van der Waals surface area contributed by atoms with E-state index in [9.17, 15) is 9.59 Å². The Morgan fingerprint density at radius 3 is 2.50 bits per heavy atom. The Morgan fingerprint density at radius 1 is 1.20 bits per heavy atom. The molecule has 0 aromatic heterocycles. The van der Waals surface area contributed by atoms with Gasteiger partial charge in [-0.2, -0.15) is 0 Å². The minimum Gasteiger partial charge on any atom is -0.323 e. The molecule has 5 heteroatoms. The van der Waals surface area contributed by atoms with Gasteiger partial charge in [0.1, 0.15) is 5.54 Å². The SMILES string of the molecule is CC1CCC2(CC1)NC(=O)N(CCCCCCCl)C2=O. The highest BCUT2D eigenvalue weighted by Gasteiger charge is 2.51. The lowest BCUT2D eigenvalue weighted by atomic mass is 9.77. The fourth-order valence-corrected chi connectivity index (χ4v) is 3.38. The number of nitrogens with zero attached hydrogens (tertiary/aromatic N) is 1. The molecular weight excluding hydrogens is 276 g/mol. The summed E-state index contributed by atoms with van der Waals surface area (Å²) in [6.07, 6.45) is 7.60. The Labute approximate surface area is 126 Å². The largest absolute Gasteiger partial charge is 0.325 e. The van der Waals surface area contributed by atoms with E-state index in [0.29, 0.717) is 18.3 Å². The Balaban J connectivity index is 1.85. The minimum absolute atomic E-state index is 0.00624. The van der Waals surface area contributed by atoms with E-state index in [2.05, 4.69) is 12.2 Å². The maximum atomic E-state index is 12.5. The topological polar surface area (TPSA) is 49.4 Å². The maximum absolute atomic E-state index is 12.5. The Kier molecular flexibility index (Phi) is 5.30. The van der Waals surface area contributed by atoms with Crippen molar-refractivity contribution in [3.8, 4) is 0 Å². The van der Waals surface area contributed by atoms with Crippen molar-refractivity contribution in [3.05, 3.63) is 0 Å². The number of urea groups is 1. The van der Waals surface area contributed by atoms with Crippen LogP contribution in [-0.2, 0) is 4.79 Å². The number of halogens is 1. The zero-order chi connectivity index (χ0) is 14.6. The van der Waals surface area contributed by atoms with E-state index in [1.807, 2.05) is 0 Å². The molecule has 0 aromatic rings. The van der Waals surface area contributed by atoms with Gasteiger partial charge in [0.05, 0.1) is 0 Å². The molecule has 0 radical (unpaired) electrons. The van der Waals surface area contributed by atoms with E-state index in [0.717, 1.165) is 51.4 Å². The molecule has 0 unspecified atom stereocenters. The molecule has 1 aliphatic carbocycles. The van der Waals surface area contributed by atoms with Crippen LogP contribution in [0.5, 0.6) is 0 Å². The number of carbonyl (C=O) groups is 2. The smallest absolute Gasteiger partial charge is 0.323 e. The molecule has 4 nitrogen and oxygen atoms in total. The highest BCUT2D eigenvalue weighted by atomic mass is 35.5. The molecule has 2 fully saturated rings. The van der Waals surface area contributed by atoms with Crippen LogP contribution in [0, 0.1) is 5.92 Å². The van der Waals surface area contributed by atoms with E-state index in [-0.39, 0.29) is 11.9 Å². The quantitative estimate of drug-likeness (QED) is 0.465. The van der Waals surface area contributed by atoms with Crippen molar-refractivity contribution >= 4 is 23.5 Å². The van der Waals surface area contributed by atoms with Gasteiger partial charge in [0.15, 0.2) is 0 Å². The monoisotopic (exact) mass is 300 g/mol. The average molecular weight is 301 g/mol. The van der Waals surface area contributed by atoms with Crippen LogP contribution in [0.15, 0.2) is 0 Å². The van der Waals surface area contributed by atoms with E-state index >= 15 is 0 Å². The van der Waals surface area contributed by atoms with E-state index in [1.165, 1.54) is 4.90 Å². The molecule has 1 heterocycles. The number of imide groups is 1. The van der Waals surface area contributed by atoms with Crippen LogP contribution in [-0.4, -0.2) is 34.8 Å². The lowest BCUT2D eigenvalue weighted by Gasteiger charge is -2.33. The number of carbonyl (C=O) groups excluding carboxylic acids is 2. The molecule has 0 atom stereocenters. The van der Waals surface area contributed by atoms with Gasteiger partial charge in [0.25, 0.3) is 5.91 Å². The summed E-state index contributed by atoms with van der Waals surface area (Å²) in [5.74, 6) is 1.35. The summed E-state index contributed by atoms with van der Waals surface area (Å²) < 4.78 is 0. The molecule has 2 aliphatic rings. The summed E-state index contributed by atoms with van der Waals surface area (Å²) in [7, 11) is 0. The van der Waals surface area contributed by atoms with Crippen molar-refractivity contribution in [1.82, 2.24) is 10.2 Å². The number of alkyl halides is 1. The summed E-state index contributed by atoms with van der Waals surface area (Å²) in [6.45, 7) is 2.76. The first-order chi connectivity index (χ1) is 9.59. The number of nitrogens with one attached hydrogen (secondary N) is 1. The fraction of sp³-hybridized carbons (Fsp3) is 0.867. The molecule has 3 amide bonds. The molecule has 20 heavy (non-hydrogen) atoms. The Bertz CT molecular complexity index is 365. The average Bonchev–Trinajstić information content (AvgIpc) is 2.66. The van der Waals surface area contributed by atoms with E-state index in [1.54, 1.807) is 0 Å². The van der Waals surface area contributed by atoms with Gasteiger partial charge in [0.2, 0.25) is 0 Å². The first kappa shape index (κ1) is 15.6. The van der Waals surface area contributed by atoms with Crippen molar-refractivity contribution in [2.75, 3.05) is 12.4 Å². The normalized spacial score (nSPS) is 30.1. The van der Waals surface area contributed by atoms with Crippen LogP contribution in [0.4, 0.5) is 4.79 Å². The fourth-order valence-electron chi connectivity index (χ4n) is 3.19. The molecule has 1 spiro atoms. The summed E-state index contributed by atoms with van der Waals surface area (Å²) in [4.78, 5) is 26.0. The molecule has 1 saturated heterocycles. The van der Waals surface area contributed by atoms with Crippen LogP contribution >= 0.6 is 11.6 Å². The van der Waals surface area contributed by atoms with Gasteiger partial charge in [-0.15, -0.1) is 11.6 Å². The van der Waals surface area contributed by atoms with E-state index < -0.39 is 5.54 Å². The zero-order valence-corrected chi connectivity index (χ0v) is 13.0. The predicted molar refractivity (Wildman–Crippen MR) is 79.8 cm³/mol. The second kappa shape index (κ2) is 6.79. The lowest BCUT2D eigenvalue weighted by Crippen LogP contribution is -2.49. The summed E-state index contributed by atoms with van der Waals surface area (Å²) in [6, 6.07) is -0.193. The summed E-state index contributed by atoms with van der Waals surface area (Å²) in [5, 5.41) is 2.96. The van der Waals surface area contributed by atoms with Crippen molar-refractivity contribution in [2.24, 2.45) is 5.92 Å². The van der Waals surface area contributed by atoms with Crippen LogP contribution in [0.25, 0.3) is 0 Å². The summed E-state index contributed by atoms with van der Waals surface area (Å²) >= 11 is 5.63. The maximum Gasteiger partial charge on any atom is 0.325 e. The molecule has 1 N–H and O–H groups in total. The number of hydrogen-bond acceptors (Lipinski definition) is 2. The van der Waals surface area contributed by atoms with Crippen LogP contribution in [0.2, 0.25) is 0 Å². The van der Waals surface area contributed by atoms with Crippen molar-refractivity contribution < 1.29 is 9.59 Å². The van der Waals surface area contributed by atoms with Crippen LogP contribution in [0.3, 0.4) is 0 Å². The predicted octanol–water partition coefficient (Wildman–Crippen LogP) is 3.29. The van der Waals surface area contributed by atoms with Crippen molar-refractivity contribution in [1.29, 1.82) is 0 Å². The third kappa shape index (κ3) is 3.27. The highest BCUT2D eigenvalue weighted by Crippen LogP contribution is 2.36. The second-order valence-electron chi connectivity index (χ2n) is 6.25. The lowest BCUT2D eigenvalue weighted by molar-refractivity contribution is -0.132. The van der Waals surface area contributed by atoms with Gasteiger partial charge in [-0.3, -0.25) is 9.69 Å².